The Morgan fingerprint density at radius 1 is 1.24 bits per heavy atom. The maximum atomic E-state index is 14.0. The Hall–Kier alpha value is -2.12. The molecule has 25 heavy (non-hydrogen) atoms. The molecule has 0 saturated heterocycles. The number of hydrogen-bond donors (Lipinski definition) is 1. The lowest BCUT2D eigenvalue weighted by molar-refractivity contribution is -0.114. The highest BCUT2D eigenvalue weighted by Crippen LogP contribution is 2.28. The van der Waals surface area contributed by atoms with Gasteiger partial charge in [-0.25, -0.2) is 12.8 Å². The zero-order valence-corrected chi connectivity index (χ0v) is 15.6. The molecule has 2 rings (SSSR count). The standard InChI is InChI=1S/C17H18ClFN2O3S/c1-11-8-12(2)17(13(18)9-11)20-16(22)10-21(25(3,23)24)15-7-5-4-6-14(15)19/h4-9H,10H2,1-3H3,(H,20,22). The van der Waals surface area contributed by atoms with Gasteiger partial charge in [0, 0.05) is 0 Å². The first-order valence-electron chi connectivity index (χ1n) is 7.38. The lowest BCUT2D eigenvalue weighted by Gasteiger charge is -2.22. The van der Waals surface area contributed by atoms with Crippen molar-refractivity contribution >= 4 is 38.9 Å². The van der Waals surface area contributed by atoms with Crippen molar-refractivity contribution in [2.75, 3.05) is 22.4 Å². The lowest BCUT2D eigenvalue weighted by Crippen LogP contribution is -2.38. The summed E-state index contributed by atoms with van der Waals surface area (Å²) < 4.78 is 38.7. The molecular formula is C17H18ClFN2O3S. The molecule has 0 heterocycles. The van der Waals surface area contributed by atoms with E-state index in [-0.39, 0.29) is 5.69 Å². The van der Waals surface area contributed by atoms with E-state index in [0.29, 0.717) is 10.7 Å². The molecule has 2 aromatic carbocycles. The fourth-order valence-corrected chi connectivity index (χ4v) is 3.64. The summed E-state index contributed by atoms with van der Waals surface area (Å²) in [6.45, 7) is 3.08. The van der Waals surface area contributed by atoms with Crippen molar-refractivity contribution in [2.24, 2.45) is 0 Å². The fraction of sp³-hybridized carbons (Fsp3) is 0.235. The zero-order chi connectivity index (χ0) is 18.8. The number of benzene rings is 2. The number of halogens is 2. The number of aryl methyl sites for hydroxylation is 2. The Labute approximate surface area is 151 Å². The molecule has 0 atom stereocenters. The van der Waals surface area contributed by atoms with E-state index in [1.807, 2.05) is 13.0 Å². The summed E-state index contributed by atoms with van der Waals surface area (Å²) >= 11 is 6.14. The molecule has 2 aromatic rings. The lowest BCUT2D eigenvalue weighted by atomic mass is 10.1. The first-order chi connectivity index (χ1) is 11.6. The van der Waals surface area contributed by atoms with Crippen molar-refractivity contribution in [3.63, 3.8) is 0 Å². The first-order valence-corrected chi connectivity index (χ1v) is 9.61. The molecular weight excluding hydrogens is 367 g/mol. The van der Waals surface area contributed by atoms with Crippen LogP contribution in [0.1, 0.15) is 11.1 Å². The van der Waals surface area contributed by atoms with Gasteiger partial charge in [-0.15, -0.1) is 0 Å². The number of nitrogens with one attached hydrogen (secondary N) is 1. The minimum atomic E-state index is -3.86. The maximum absolute atomic E-state index is 14.0. The summed E-state index contributed by atoms with van der Waals surface area (Å²) in [4.78, 5) is 12.3. The van der Waals surface area contributed by atoms with Crippen LogP contribution in [0, 0.1) is 19.7 Å². The predicted octanol–water partition coefficient (Wildman–Crippen LogP) is 3.50. The number of carbonyl (C=O) groups is 1. The highest BCUT2D eigenvalue weighted by atomic mass is 35.5. The van der Waals surface area contributed by atoms with Crippen LogP contribution in [-0.4, -0.2) is 27.1 Å². The van der Waals surface area contributed by atoms with E-state index in [4.69, 9.17) is 11.6 Å². The van der Waals surface area contributed by atoms with Crippen molar-refractivity contribution in [1.29, 1.82) is 0 Å². The van der Waals surface area contributed by atoms with Gasteiger partial charge in [0.05, 0.1) is 22.7 Å². The maximum Gasteiger partial charge on any atom is 0.245 e. The van der Waals surface area contributed by atoms with Crippen LogP contribution >= 0.6 is 11.6 Å². The number of amides is 1. The van der Waals surface area contributed by atoms with Gasteiger partial charge in [0.2, 0.25) is 15.9 Å². The van der Waals surface area contributed by atoms with Crippen LogP contribution in [0.4, 0.5) is 15.8 Å². The quantitative estimate of drug-likeness (QED) is 0.857. The second kappa shape index (κ2) is 7.41. The monoisotopic (exact) mass is 384 g/mol. The summed E-state index contributed by atoms with van der Waals surface area (Å²) in [5, 5.41) is 2.95. The van der Waals surface area contributed by atoms with Crippen LogP contribution in [-0.2, 0) is 14.8 Å². The van der Waals surface area contributed by atoms with E-state index < -0.39 is 28.3 Å². The minimum Gasteiger partial charge on any atom is -0.323 e. The topological polar surface area (TPSA) is 66.5 Å². The van der Waals surface area contributed by atoms with Gasteiger partial charge < -0.3 is 5.32 Å². The Balaban J connectivity index is 2.29. The Kier molecular flexibility index (Phi) is 5.69. The average molecular weight is 385 g/mol. The predicted molar refractivity (Wildman–Crippen MR) is 98.1 cm³/mol. The van der Waals surface area contributed by atoms with Gasteiger partial charge in [0.15, 0.2) is 0 Å². The number of anilines is 2. The number of sulfonamides is 1. The molecule has 0 radical (unpaired) electrons. The average Bonchev–Trinajstić information content (AvgIpc) is 2.48. The third-order valence-electron chi connectivity index (χ3n) is 3.50. The fourth-order valence-electron chi connectivity index (χ4n) is 2.42. The summed E-state index contributed by atoms with van der Waals surface area (Å²) in [6, 6.07) is 8.90. The molecule has 134 valence electrons. The minimum absolute atomic E-state index is 0.188. The molecule has 0 unspecified atom stereocenters. The van der Waals surface area contributed by atoms with Crippen LogP contribution in [0.15, 0.2) is 36.4 Å². The van der Waals surface area contributed by atoms with Crippen LogP contribution < -0.4 is 9.62 Å². The van der Waals surface area contributed by atoms with Crippen molar-refractivity contribution in [3.8, 4) is 0 Å². The third-order valence-corrected chi connectivity index (χ3v) is 4.93. The Morgan fingerprint density at radius 2 is 1.88 bits per heavy atom. The van der Waals surface area contributed by atoms with E-state index >= 15 is 0 Å². The molecule has 0 aliphatic carbocycles. The Bertz CT molecular complexity index is 893. The second-order valence-electron chi connectivity index (χ2n) is 5.71. The van der Waals surface area contributed by atoms with E-state index in [1.54, 1.807) is 13.0 Å². The van der Waals surface area contributed by atoms with E-state index in [0.717, 1.165) is 27.8 Å². The number of rotatable bonds is 5. The van der Waals surface area contributed by atoms with Gasteiger partial charge in [-0.05, 0) is 43.2 Å². The molecule has 0 aromatic heterocycles. The van der Waals surface area contributed by atoms with Crippen molar-refractivity contribution in [2.45, 2.75) is 13.8 Å². The van der Waals surface area contributed by atoms with Gasteiger partial charge in [-0.3, -0.25) is 9.10 Å². The summed E-state index contributed by atoms with van der Waals surface area (Å²) in [7, 11) is -3.86. The van der Waals surface area contributed by atoms with Crippen LogP contribution in [0.3, 0.4) is 0 Å². The first kappa shape index (κ1) is 19.2. The molecule has 5 nitrogen and oxygen atoms in total. The molecule has 0 saturated carbocycles. The van der Waals surface area contributed by atoms with E-state index in [2.05, 4.69) is 5.32 Å². The van der Waals surface area contributed by atoms with E-state index in [9.17, 15) is 17.6 Å². The second-order valence-corrected chi connectivity index (χ2v) is 8.02. The SMILES string of the molecule is Cc1cc(C)c(NC(=O)CN(c2ccccc2F)S(C)(=O)=O)c(Cl)c1. The highest BCUT2D eigenvalue weighted by molar-refractivity contribution is 7.92. The number of para-hydroxylation sites is 1. The molecule has 0 aliphatic rings. The van der Waals surface area contributed by atoms with Gasteiger partial charge in [0.1, 0.15) is 12.4 Å². The van der Waals surface area contributed by atoms with Gasteiger partial charge in [-0.2, -0.15) is 0 Å². The van der Waals surface area contributed by atoms with Crippen molar-refractivity contribution < 1.29 is 17.6 Å². The molecule has 0 fully saturated rings. The number of hydrogen-bond acceptors (Lipinski definition) is 3. The van der Waals surface area contributed by atoms with Crippen molar-refractivity contribution in [3.05, 3.63) is 58.4 Å². The summed E-state index contributed by atoms with van der Waals surface area (Å²) in [5.74, 6) is -1.35. The summed E-state index contributed by atoms with van der Waals surface area (Å²) in [6.07, 6.45) is 0.914. The van der Waals surface area contributed by atoms with E-state index in [1.165, 1.54) is 18.2 Å². The molecule has 1 amide bonds. The van der Waals surface area contributed by atoms with Gasteiger partial charge >= 0.3 is 0 Å². The Morgan fingerprint density at radius 3 is 2.44 bits per heavy atom. The number of carbonyl (C=O) groups excluding carboxylic acids is 1. The third kappa shape index (κ3) is 4.70. The van der Waals surface area contributed by atoms with Crippen molar-refractivity contribution in [1.82, 2.24) is 0 Å². The van der Waals surface area contributed by atoms with Crippen LogP contribution in [0.2, 0.25) is 5.02 Å². The molecule has 0 spiro atoms. The smallest absolute Gasteiger partial charge is 0.245 e. The molecule has 8 heteroatoms. The number of nitrogens with zero attached hydrogens (tertiary/aromatic N) is 1. The highest BCUT2D eigenvalue weighted by Gasteiger charge is 2.24. The normalized spacial score (nSPS) is 11.2. The summed E-state index contributed by atoms with van der Waals surface area (Å²) in [5.41, 5.74) is 1.89. The van der Waals surface area contributed by atoms with Crippen LogP contribution in [0.25, 0.3) is 0 Å². The van der Waals surface area contributed by atoms with Crippen LogP contribution in [0.5, 0.6) is 0 Å². The van der Waals surface area contributed by atoms with Gasteiger partial charge in [0.25, 0.3) is 0 Å². The van der Waals surface area contributed by atoms with Gasteiger partial charge in [-0.1, -0.05) is 29.8 Å². The zero-order valence-electron chi connectivity index (χ0n) is 14.0. The largest absolute Gasteiger partial charge is 0.323 e. The molecule has 1 N–H and O–H groups in total. The molecule has 0 aliphatic heterocycles. The molecule has 0 bridgehead atoms.